The number of hydrogen-bond donors (Lipinski definition) is 3. The van der Waals surface area contributed by atoms with Crippen molar-refractivity contribution in [2.75, 3.05) is 0 Å². The Balaban J connectivity index is 1.89. The summed E-state index contributed by atoms with van der Waals surface area (Å²) in [7, 11) is 0. The van der Waals surface area contributed by atoms with E-state index in [2.05, 4.69) is 5.32 Å². The minimum Gasteiger partial charge on any atom is -0.481 e. The molecule has 0 aliphatic heterocycles. The van der Waals surface area contributed by atoms with Crippen LogP contribution < -0.4 is 5.32 Å². The van der Waals surface area contributed by atoms with E-state index in [0.717, 1.165) is 30.4 Å². The van der Waals surface area contributed by atoms with Gasteiger partial charge in [-0.05, 0) is 30.9 Å². The van der Waals surface area contributed by atoms with Gasteiger partial charge in [0.15, 0.2) is 0 Å². The van der Waals surface area contributed by atoms with Gasteiger partial charge in [0, 0.05) is 12.6 Å². The van der Waals surface area contributed by atoms with Crippen LogP contribution in [0.15, 0.2) is 24.3 Å². The Bertz CT molecular complexity index is 444. The van der Waals surface area contributed by atoms with Gasteiger partial charge in [0.1, 0.15) is 0 Å². The Kier molecular flexibility index (Phi) is 5.15. The summed E-state index contributed by atoms with van der Waals surface area (Å²) in [5.41, 5.74) is 1.93. The molecule has 1 aromatic carbocycles. The predicted molar refractivity (Wildman–Crippen MR) is 77.6 cm³/mol. The number of rotatable bonds is 5. The lowest BCUT2D eigenvalue weighted by Gasteiger charge is -2.28. The molecule has 110 valence electrons. The first-order valence-electron chi connectivity index (χ1n) is 7.31. The van der Waals surface area contributed by atoms with Crippen molar-refractivity contribution < 1.29 is 15.0 Å². The van der Waals surface area contributed by atoms with Gasteiger partial charge in [-0.3, -0.25) is 4.79 Å². The number of nitrogens with one attached hydrogen (secondary N) is 1. The Morgan fingerprint density at radius 2 is 1.95 bits per heavy atom. The molecule has 0 heterocycles. The molecule has 4 nitrogen and oxygen atoms in total. The first-order chi connectivity index (χ1) is 9.58. The van der Waals surface area contributed by atoms with Crippen LogP contribution >= 0.6 is 0 Å². The molecule has 1 aliphatic carbocycles. The van der Waals surface area contributed by atoms with Gasteiger partial charge in [0.2, 0.25) is 0 Å². The third-order valence-corrected chi connectivity index (χ3v) is 4.15. The zero-order chi connectivity index (χ0) is 14.5. The monoisotopic (exact) mass is 277 g/mol. The molecule has 0 bridgehead atoms. The summed E-state index contributed by atoms with van der Waals surface area (Å²) in [6.45, 7) is 2.40. The van der Waals surface area contributed by atoms with Crippen LogP contribution in [0.1, 0.15) is 49.7 Å². The summed E-state index contributed by atoms with van der Waals surface area (Å²) in [6.07, 6.45) is 3.95. The molecule has 0 amide bonds. The van der Waals surface area contributed by atoms with E-state index in [1.807, 2.05) is 24.3 Å². The summed E-state index contributed by atoms with van der Waals surface area (Å²) >= 11 is 0. The number of benzene rings is 1. The third-order valence-electron chi connectivity index (χ3n) is 4.15. The number of hydrogen-bond acceptors (Lipinski definition) is 3. The van der Waals surface area contributed by atoms with Crippen molar-refractivity contribution in [1.82, 2.24) is 5.32 Å². The van der Waals surface area contributed by atoms with E-state index in [0.29, 0.717) is 6.54 Å². The highest BCUT2D eigenvalue weighted by Crippen LogP contribution is 2.19. The first kappa shape index (κ1) is 15.0. The topological polar surface area (TPSA) is 69.6 Å². The normalized spacial score (nSPS) is 24.3. The van der Waals surface area contributed by atoms with Crippen LogP contribution in [0.5, 0.6) is 0 Å². The predicted octanol–water partition coefficient (Wildman–Crippen LogP) is 2.27. The fraction of sp³-hybridized carbons (Fsp3) is 0.562. The van der Waals surface area contributed by atoms with Crippen LogP contribution in [0, 0.1) is 0 Å². The van der Waals surface area contributed by atoms with Gasteiger partial charge in [-0.15, -0.1) is 0 Å². The van der Waals surface area contributed by atoms with Crippen molar-refractivity contribution >= 4 is 5.97 Å². The lowest BCUT2D eigenvalue weighted by atomic mass is 9.92. The molecule has 4 heteroatoms. The number of carboxylic acids is 1. The molecular formula is C16H23NO3. The van der Waals surface area contributed by atoms with E-state index >= 15 is 0 Å². The molecule has 1 aromatic rings. The van der Waals surface area contributed by atoms with E-state index in [9.17, 15) is 9.90 Å². The summed E-state index contributed by atoms with van der Waals surface area (Å²) in [5.74, 6) is -1.28. The van der Waals surface area contributed by atoms with Crippen molar-refractivity contribution in [3.63, 3.8) is 0 Å². The molecular weight excluding hydrogens is 254 g/mol. The molecule has 0 radical (unpaired) electrons. The van der Waals surface area contributed by atoms with Crippen LogP contribution in [-0.2, 0) is 11.3 Å². The molecule has 1 saturated carbocycles. The fourth-order valence-corrected chi connectivity index (χ4v) is 2.67. The zero-order valence-corrected chi connectivity index (χ0v) is 11.9. The molecule has 3 unspecified atom stereocenters. The minimum absolute atomic E-state index is 0.182. The van der Waals surface area contributed by atoms with Gasteiger partial charge in [-0.1, -0.05) is 37.1 Å². The average Bonchev–Trinajstić information content (AvgIpc) is 2.46. The lowest BCUT2D eigenvalue weighted by Crippen LogP contribution is -2.41. The maximum absolute atomic E-state index is 10.9. The standard InChI is InChI=1S/C16H23NO3/c1-11(16(19)20)13-8-6-12(7-9-13)10-17-14-4-2-3-5-15(14)18/h6-9,11,14-15,17-18H,2-5,10H2,1H3,(H,19,20). The second-order valence-electron chi connectivity index (χ2n) is 5.64. The molecule has 1 aliphatic rings. The maximum atomic E-state index is 10.9. The van der Waals surface area contributed by atoms with E-state index in [4.69, 9.17) is 5.11 Å². The third kappa shape index (κ3) is 3.81. The van der Waals surface area contributed by atoms with Gasteiger partial charge in [-0.25, -0.2) is 0 Å². The van der Waals surface area contributed by atoms with Crippen LogP contribution in [-0.4, -0.2) is 28.3 Å². The van der Waals surface area contributed by atoms with Gasteiger partial charge in [0.05, 0.1) is 12.0 Å². The van der Waals surface area contributed by atoms with Crippen molar-refractivity contribution in [2.24, 2.45) is 0 Å². The second-order valence-corrected chi connectivity index (χ2v) is 5.64. The zero-order valence-electron chi connectivity index (χ0n) is 11.9. The first-order valence-corrected chi connectivity index (χ1v) is 7.31. The number of carbonyl (C=O) groups is 1. The van der Waals surface area contributed by atoms with Crippen LogP contribution in [0.2, 0.25) is 0 Å². The van der Waals surface area contributed by atoms with E-state index in [1.165, 1.54) is 6.42 Å². The van der Waals surface area contributed by atoms with Gasteiger partial charge in [-0.2, -0.15) is 0 Å². The molecule has 1 fully saturated rings. The quantitative estimate of drug-likeness (QED) is 0.772. The van der Waals surface area contributed by atoms with Gasteiger partial charge in [0.25, 0.3) is 0 Å². The summed E-state index contributed by atoms with van der Waals surface area (Å²) in [6, 6.07) is 7.83. The Morgan fingerprint density at radius 3 is 2.55 bits per heavy atom. The highest BCUT2D eigenvalue weighted by atomic mass is 16.4. The van der Waals surface area contributed by atoms with Crippen molar-refractivity contribution in [3.05, 3.63) is 35.4 Å². The highest BCUT2D eigenvalue weighted by molar-refractivity contribution is 5.75. The Hall–Kier alpha value is -1.39. The van der Waals surface area contributed by atoms with Crippen molar-refractivity contribution in [2.45, 2.75) is 57.2 Å². The summed E-state index contributed by atoms with van der Waals surface area (Å²) in [4.78, 5) is 10.9. The molecule has 0 saturated heterocycles. The van der Waals surface area contributed by atoms with Gasteiger partial charge < -0.3 is 15.5 Å². The Labute approximate surface area is 119 Å². The molecule has 20 heavy (non-hydrogen) atoms. The van der Waals surface area contributed by atoms with Crippen LogP contribution in [0.3, 0.4) is 0 Å². The number of carboxylic acid groups (broad SMARTS) is 1. The van der Waals surface area contributed by atoms with E-state index in [-0.39, 0.29) is 12.1 Å². The molecule has 0 spiro atoms. The Morgan fingerprint density at radius 1 is 1.30 bits per heavy atom. The summed E-state index contributed by atoms with van der Waals surface area (Å²) < 4.78 is 0. The van der Waals surface area contributed by atoms with Crippen LogP contribution in [0.4, 0.5) is 0 Å². The van der Waals surface area contributed by atoms with E-state index < -0.39 is 11.9 Å². The second kappa shape index (κ2) is 6.86. The number of aliphatic hydroxyl groups is 1. The molecule has 3 atom stereocenters. The van der Waals surface area contributed by atoms with E-state index in [1.54, 1.807) is 6.92 Å². The van der Waals surface area contributed by atoms with Crippen molar-refractivity contribution in [3.8, 4) is 0 Å². The maximum Gasteiger partial charge on any atom is 0.310 e. The molecule has 3 N–H and O–H groups in total. The lowest BCUT2D eigenvalue weighted by molar-refractivity contribution is -0.138. The molecule has 0 aromatic heterocycles. The van der Waals surface area contributed by atoms with Gasteiger partial charge >= 0.3 is 5.97 Å². The average molecular weight is 277 g/mol. The number of aliphatic hydroxyl groups excluding tert-OH is 1. The highest BCUT2D eigenvalue weighted by Gasteiger charge is 2.22. The smallest absolute Gasteiger partial charge is 0.310 e. The van der Waals surface area contributed by atoms with Crippen LogP contribution in [0.25, 0.3) is 0 Å². The fourth-order valence-electron chi connectivity index (χ4n) is 2.67. The van der Waals surface area contributed by atoms with Crippen molar-refractivity contribution in [1.29, 1.82) is 0 Å². The largest absolute Gasteiger partial charge is 0.481 e. The number of aliphatic carboxylic acids is 1. The SMILES string of the molecule is CC(C(=O)O)c1ccc(CNC2CCCCC2O)cc1. The summed E-state index contributed by atoms with van der Waals surface area (Å²) in [5, 5.41) is 22.3. The molecule has 2 rings (SSSR count). The minimum atomic E-state index is -0.804.